The average Bonchev–Trinajstić information content (AvgIpc) is 3.08. The van der Waals surface area contributed by atoms with Crippen molar-refractivity contribution in [1.29, 1.82) is 0 Å². The molecular weight excluding hydrogens is 416 g/mol. The van der Waals surface area contributed by atoms with Crippen molar-refractivity contribution in [2.75, 3.05) is 12.4 Å². The van der Waals surface area contributed by atoms with Crippen LogP contribution in [0.5, 0.6) is 5.75 Å². The van der Waals surface area contributed by atoms with Crippen LogP contribution in [0.25, 0.3) is 5.69 Å². The Morgan fingerprint density at radius 1 is 1.19 bits per heavy atom. The van der Waals surface area contributed by atoms with Crippen LogP contribution in [0.4, 0.5) is 0 Å². The van der Waals surface area contributed by atoms with Crippen molar-refractivity contribution in [1.82, 2.24) is 20.2 Å². The first kappa shape index (κ1) is 18.9. The zero-order valence-corrected chi connectivity index (χ0v) is 16.9. The molecule has 3 aromatic rings. The van der Waals surface area contributed by atoms with Gasteiger partial charge in [-0.25, -0.2) is 0 Å². The monoisotopic (exact) mass is 434 g/mol. The Morgan fingerprint density at radius 2 is 1.96 bits per heavy atom. The lowest BCUT2D eigenvalue weighted by molar-refractivity contribution is 0.126. The summed E-state index contributed by atoms with van der Waals surface area (Å²) >= 11 is 4.77. The summed E-state index contributed by atoms with van der Waals surface area (Å²) in [5, 5.41) is 22.7. The van der Waals surface area contributed by atoms with Gasteiger partial charge in [0.25, 0.3) is 0 Å². The largest absolute Gasteiger partial charge is 0.491 e. The Hall–Kier alpha value is -1.90. The molecule has 0 radical (unpaired) electrons. The van der Waals surface area contributed by atoms with Gasteiger partial charge < -0.3 is 9.84 Å². The molecule has 0 aliphatic carbocycles. The summed E-state index contributed by atoms with van der Waals surface area (Å²) in [6.45, 7) is 4.28. The summed E-state index contributed by atoms with van der Waals surface area (Å²) < 4.78 is 8.28. The number of aromatic nitrogens is 4. The van der Waals surface area contributed by atoms with Crippen LogP contribution in [0.1, 0.15) is 11.1 Å². The molecule has 1 atom stereocenters. The van der Waals surface area contributed by atoms with E-state index in [-0.39, 0.29) is 6.61 Å². The molecule has 1 heterocycles. The number of nitrogens with zero attached hydrogens (tertiary/aromatic N) is 4. The molecule has 6 nitrogen and oxygen atoms in total. The molecule has 0 saturated heterocycles. The van der Waals surface area contributed by atoms with Crippen LogP contribution < -0.4 is 4.74 Å². The molecule has 0 saturated carbocycles. The van der Waals surface area contributed by atoms with E-state index in [1.54, 1.807) is 4.68 Å². The van der Waals surface area contributed by atoms with E-state index >= 15 is 0 Å². The fourth-order valence-corrected chi connectivity index (χ4v) is 3.46. The quantitative estimate of drug-likeness (QED) is 0.572. The maximum atomic E-state index is 10.2. The number of halogens is 1. The number of ether oxygens (including phenoxy) is 1. The molecule has 0 aliphatic heterocycles. The Balaban J connectivity index is 1.58. The van der Waals surface area contributed by atoms with Gasteiger partial charge in [0.05, 0.1) is 11.8 Å². The number of aliphatic hydroxyl groups is 1. The van der Waals surface area contributed by atoms with Gasteiger partial charge in [0, 0.05) is 10.2 Å². The van der Waals surface area contributed by atoms with Crippen LogP contribution in [-0.4, -0.2) is 43.8 Å². The predicted octanol–water partition coefficient (Wildman–Crippen LogP) is 3.57. The summed E-state index contributed by atoms with van der Waals surface area (Å²) in [6, 6.07) is 13.6. The SMILES string of the molecule is Cc1ccc(-n2nnnc2SCC(O)COc2ccc(Br)cc2)c(C)c1. The first-order valence-electron chi connectivity index (χ1n) is 8.08. The highest BCUT2D eigenvalue weighted by molar-refractivity contribution is 9.10. The van der Waals surface area contributed by atoms with Crippen molar-refractivity contribution in [3.8, 4) is 11.4 Å². The predicted molar refractivity (Wildman–Crippen MR) is 105 cm³/mol. The van der Waals surface area contributed by atoms with Gasteiger partial charge in [-0.1, -0.05) is 45.4 Å². The highest BCUT2D eigenvalue weighted by atomic mass is 79.9. The molecule has 0 aliphatic rings. The first-order chi connectivity index (χ1) is 12.5. The molecular formula is C18H19BrN4O2S. The number of aryl methyl sites for hydroxylation is 2. The van der Waals surface area contributed by atoms with Gasteiger partial charge in [0.15, 0.2) is 0 Å². The Labute approximate surface area is 164 Å². The van der Waals surface area contributed by atoms with Crippen molar-refractivity contribution < 1.29 is 9.84 Å². The molecule has 0 amide bonds. The minimum absolute atomic E-state index is 0.208. The number of benzene rings is 2. The topological polar surface area (TPSA) is 73.1 Å². The van der Waals surface area contributed by atoms with E-state index in [1.807, 2.05) is 50.2 Å². The Morgan fingerprint density at radius 3 is 2.69 bits per heavy atom. The molecule has 1 N–H and O–H groups in total. The van der Waals surface area contributed by atoms with Crippen molar-refractivity contribution in [2.45, 2.75) is 25.1 Å². The van der Waals surface area contributed by atoms with E-state index < -0.39 is 6.10 Å². The van der Waals surface area contributed by atoms with E-state index in [4.69, 9.17) is 4.74 Å². The average molecular weight is 435 g/mol. The second-order valence-corrected chi connectivity index (χ2v) is 7.80. The molecule has 0 spiro atoms. The molecule has 26 heavy (non-hydrogen) atoms. The lowest BCUT2D eigenvalue weighted by Gasteiger charge is -2.12. The number of thioether (sulfide) groups is 1. The fraction of sp³-hybridized carbons (Fsp3) is 0.278. The number of tetrazole rings is 1. The van der Waals surface area contributed by atoms with Crippen molar-refractivity contribution in [2.24, 2.45) is 0 Å². The van der Waals surface area contributed by atoms with Gasteiger partial charge >= 0.3 is 0 Å². The second kappa shape index (κ2) is 8.66. The van der Waals surface area contributed by atoms with Crippen molar-refractivity contribution in [3.63, 3.8) is 0 Å². The van der Waals surface area contributed by atoms with Gasteiger partial charge in [0.2, 0.25) is 5.16 Å². The molecule has 1 aromatic heterocycles. The molecule has 2 aromatic carbocycles. The second-order valence-electron chi connectivity index (χ2n) is 5.89. The van der Waals surface area contributed by atoms with Crippen LogP contribution in [0, 0.1) is 13.8 Å². The van der Waals surface area contributed by atoms with Crippen LogP contribution >= 0.6 is 27.7 Å². The first-order valence-corrected chi connectivity index (χ1v) is 9.86. The third-order valence-electron chi connectivity index (χ3n) is 3.68. The summed E-state index contributed by atoms with van der Waals surface area (Å²) in [4.78, 5) is 0. The summed E-state index contributed by atoms with van der Waals surface area (Å²) in [5.74, 6) is 1.15. The van der Waals surface area contributed by atoms with Gasteiger partial charge in [-0.05, 0) is 60.2 Å². The van der Waals surface area contributed by atoms with Crippen LogP contribution in [0.15, 0.2) is 52.1 Å². The number of hydrogen-bond acceptors (Lipinski definition) is 6. The van der Waals surface area contributed by atoms with Crippen LogP contribution in [-0.2, 0) is 0 Å². The smallest absolute Gasteiger partial charge is 0.214 e. The van der Waals surface area contributed by atoms with Gasteiger partial charge in [0.1, 0.15) is 12.4 Å². The summed E-state index contributed by atoms with van der Waals surface area (Å²) in [5.41, 5.74) is 3.22. The summed E-state index contributed by atoms with van der Waals surface area (Å²) in [7, 11) is 0. The zero-order valence-electron chi connectivity index (χ0n) is 14.5. The zero-order chi connectivity index (χ0) is 18.5. The maximum Gasteiger partial charge on any atom is 0.214 e. The van der Waals surface area contributed by atoms with Gasteiger partial charge in [-0.15, -0.1) is 5.10 Å². The van der Waals surface area contributed by atoms with Crippen molar-refractivity contribution in [3.05, 3.63) is 58.1 Å². The third-order valence-corrected chi connectivity index (χ3v) is 5.28. The lowest BCUT2D eigenvalue weighted by atomic mass is 10.1. The molecule has 1 unspecified atom stereocenters. The minimum Gasteiger partial charge on any atom is -0.491 e. The standard InChI is InChI=1S/C18H19BrN4O2S/c1-12-3-8-17(13(2)9-12)23-18(20-21-22-23)26-11-15(24)10-25-16-6-4-14(19)5-7-16/h3-9,15,24H,10-11H2,1-2H3. The number of aliphatic hydroxyl groups excluding tert-OH is 1. The molecule has 0 fully saturated rings. The lowest BCUT2D eigenvalue weighted by Crippen LogP contribution is -2.20. The van der Waals surface area contributed by atoms with Crippen LogP contribution in [0.3, 0.4) is 0 Å². The summed E-state index contributed by atoms with van der Waals surface area (Å²) in [6.07, 6.45) is -0.632. The molecule has 3 rings (SSSR count). The van der Waals surface area contributed by atoms with E-state index in [2.05, 4.69) is 37.5 Å². The Kier molecular flexibility index (Phi) is 6.29. The number of rotatable bonds is 7. The highest BCUT2D eigenvalue weighted by Crippen LogP contribution is 2.22. The highest BCUT2D eigenvalue weighted by Gasteiger charge is 2.14. The van der Waals surface area contributed by atoms with Gasteiger partial charge in [-0.3, -0.25) is 0 Å². The number of hydrogen-bond donors (Lipinski definition) is 1. The van der Waals surface area contributed by atoms with E-state index in [1.165, 1.54) is 17.3 Å². The van der Waals surface area contributed by atoms with Gasteiger partial charge in [-0.2, -0.15) is 4.68 Å². The minimum atomic E-state index is -0.632. The third kappa shape index (κ3) is 4.84. The molecule has 136 valence electrons. The van der Waals surface area contributed by atoms with Crippen LogP contribution in [0.2, 0.25) is 0 Å². The molecule has 0 bridgehead atoms. The van der Waals surface area contributed by atoms with E-state index in [0.717, 1.165) is 21.5 Å². The van der Waals surface area contributed by atoms with E-state index in [9.17, 15) is 5.11 Å². The fourth-order valence-electron chi connectivity index (χ4n) is 2.41. The molecule has 8 heteroatoms. The maximum absolute atomic E-state index is 10.2. The Bertz CT molecular complexity index is 870. The van der Waals surface area contributed by atoms with E-state index in [0.29, 0.717) is 10.9 Å². The normalized spacial score (nSPS) is 12.2. The van der Waals surface area contributed by atoms with Crippen molar-refractivity contribution >= 4 is 27.7 Å².